The molecule has 1 amide bonds. The molecule has 4 nitrogen and oxygen atoms in total. The lowest BCUT2D eigenvalue weighted by Crippen LogP contribution is -2.30. The maximum Gasteiger partial charge on any atom is 0.220 e. The number of hydrogen-bond donors (Lipinski definition) is 1. The number of ether oxygens (including phenoxy) is 1. The summed E-state index contributed by atoms with van der Waals surface area (Å²) in [6, 6.07) is 14.2. The predicted molar refractivity (Wildman–Crippen MR) is 80.2 cm³/mol. The van der Waals surface area contributed by atoms with E-state index in [0.29, 0.717) is 12.3 Å². The van der Waals surface area contributed by atoms with Crippen LogP contribution < -0.4 is 10.1 Å². The smallest absolute Gasteiger partial charge is 0.220 e. The molecule has 1 fully saturated rings. The normalized spacial score (nSPS) is 21.1. The molecule has 2 unspecified atom stereocenters. The molecule has 1 N–H and O–H groups in total. The van der Waals surface area contributed by atoms with Crippen LogP contribution in [0.2, 0.25) is 0 Å². The Kier molecular flexibility index (Phi) is 3.86. The molecule has 0 saturated carbocycles. The topological polar surface area (TPSA) is 51.2 Å². The van der Waals surface area contributed by atoms with Gasteiger partial charge in [0.1, 0.15) is 0 Å². The van der Waals surface area contributed by atoms with E-state index in [1.165, 1.54) is 5.56 Å². The lowest BCUT2D eigenvalue weighted by molar-refractivity contribution is -0.119. The number of aromatic nitrogens is 1. The van der Waals surface area contributed by atoms with Crippen LogP contribution >= 0.6 is 0 Å². The Morgan fingerprint density at radius 2 is 2.05 bits per heavy atom. The summed E-state index contributed by atoms with van der Waals surface area (Å²) >= 11 is 0. The first-order valence-electron chi connectivity index (χ1n) is 7.09. The maximum absolute atomic E-state index is 11.8. The number of nitrogens with zero attached hydrogens (tertiary/aromatic N) is 1. The zero-order valence-corrected chi connectivity index (χ0v) is 12.0. The van der Waals surface area contributed by atoms with Gasteiger partial charge < -0.3 is 10.1 Å². The van der Waals surface area contributed by atoms with E-state index in [0.717, 1.165) is 12.0 Å². The van der Waals surface area contributed by atoms with Crippen molar-refractivity contribution in [2.45, 2.75) is 24.8 Å². The van der Waals surface area contributed by atoms with E-state index >= 15 is 0 Å². The standard InChI is InChI=1S/C17H18N2O2/c1-21-17-8-7-13(11-18-17)14-10-16(20)19-15(14)9-12-5-3-2-4-6-12/h2-8,11,14-15H,9-10H2,1H3,(H,19,20). The van der Waals surface area contributed by atoms with Crippen LogP contribution in [-0.2, 0) is 11.2 Å². The Balaban J connectivity index is 1.80. The molecule has 1 aromatic heterocycles. The van der Waals surface area contributed by atoms with Crippen molar-refractivity contribution in [2.24, 2.45) is 0 Å². The van der Waals surface area contributed by atoms with Crippen molar-refractivity contribution in [1.29, 1.82) is 0 Å². The van der Waals surface area contributed by atoms with Gasteiger partial charge >= 0.3 is 0 Å². The number of hydrogen-bond acceptors (Lipinski definition) is 3. The van der Waals surface area contributed by atoms with Crippen LogP contribution in [0.3, 0.4) is 0 Å². The highest BCUT2D eigenvalue weighted by atomic mass is 16.5. The Morgan fingerprint density at radius 3 is 2.71 bits per heavy atom. The third-order valence-electron chi connectivity index (χ3n) is 3.93. The summed E-state index contributed by atoms with van der Waals surface area (Å²) in [6.45, 7) is 0. The third kappa shape index (κ3) is 3.05. The second kappa shape index (κ2) is 5.95. The number of rotatable bonds is 4. The molecular weight excluding hydrogens is 264 g/mol. The highest BCUT2D eigenvalue weighted by Crippen LogP contribution is 2.30. The molecule has 1 saturated heterocycles. The van der Waals surface area contributed by atoms with E-state index in [1.807, 2.05) is 36.5 Å². The van der Waals surface area contributed by atoms with Crippen LogP contribution in [0.25, 0.3) is 0 Å². The number of carbonyl (C=O) groups excluding carboxylic acids is 1. The van der Waals surface area contributed by atoms with Gasteiger partial charge in [-0.2, -0.15) is 0 Å². The van der Waals surface area contributed by atoms with E-state index in [1.54, 1.807) is 7.11 Å². The van der Waals surface area contributed by atoms with E-state index in [4.69, 9.17) is 4.74 Å². The van der Waals surface area contributed by atoms with Gasteiger partial charge in [0, 0.05) is 30.6 Å². The summed E-state index contributed by atoms with van der Waals surface area (Å²) < 4.78 is 5.08. The molecule has 1 aliphatic heterocycles. The van der Waals surface area contributed by atoms with Crippen molar-refractivity contribution in [3.05, 3.63) is 59.8 Å². The molecule has 4 heteroatoms. The highest BCUT2D eigenvalue weighted by molar-refractivity contribution is 5.80. The van der Waals surface area contributed by atoms with E-state index < -0.39 is 0 Å². The fourth-order valence-electron chi connectivity index (χ4n) is 2.85. The fraction of sp³-hybridized carbons (Fsp3) is 0.294. The zero-order valence-electron chi connectivity index (χ0n) is 12.0. The van der Waals surface area contributed by atoms with Gasteiger partial charge in [-0.3, -0.25) is 4.79 Å². The van der Waals surface area contributed by atoms with E-state index in [9.17, 15) is 4.79 Å². The largest absolute Gasteiger partial charge is 0.481 e. The maximum atomic E-state index is 11.8. The Bertz CT molecular complexity index is 610. The minimum absolute atomic E-state index is 0.108. The zero-order chi connectivity index (χ0) is 14.7. The number of carbonyl (C=O) groups is 1. The summed E-state index contributed by atoms with van der Waals surface area (Å²) in [5.74, 6) is 0.864. The van der Waals surface area contributed by atoms with Crippen LogP contribution in [0.4, 0.5) is 0 Å². The van der Waals surface area contributed by atoms with Gasteiger partial charge in [0.2, 0.25) is 11.8 Å². The summed E-state index contributed by atoms with van der Waals surface area (Å²) in [7, 11) is 1.60. The summed E-state index contributed by atoms with van der Waals surface area (Å²) in [6.07, 6.45) is 3.16. The van der Waals surface area contributed by atoms with Crippen LogP contribution in [0.1, 0.15) is 23.5 Å². The van der Waals surface area contributed by atoms with Crippen molar-refractivity contribution in [3.63, 3.8) is 0 Å². The Hall–Kier alpha value is -2.36. The minimum atomic E-state index is 0.108. The van der Waals surface area contributed by atoms with Gasteiger partial charge in [0.05, 0.1) is 7.11 Å². The minimum Gasteiger partial charge on any atom is -0.481 e. The van der Waals surface area contributed by atoms with Crippen molar-refractivity contribution < 1.29 is 9.53 Å². The van der Waals surface area contributed by atoms with Gasteiger partial charge in [-0.15, -0.1) is 0 Å². The molecule has 3 rings (SSSR count). The first-order chi connectivity index (χ1) is 10.3. The fourth-order valence-corrected chi connectivity index (χ4v) is 2.85. The summed E-state index contributed by atoms with van der Waals surface area (Å²) in [5.41, 5.74) is 2.31. The molecule has 108 valence electrons. The Labute approximate surface area is 124 Å². The van der Waals surface area contributed by atoms with Crippen LogP contribution in [0, 0.1) is 0 Å². The van der Waals surface area contributed by atoms with Crippen LogP contribution in [0.5, 0.6) is 5.88 Å². The predicted octanol–water partition coefficient (Wildman–Crippen LogP) is 2.31. The average molecular weight is 282 g/mol. The van der Waals surface area contributed by atoms with E-state index in [2.05, 4.69) is 22.4 Å². The first kappa shape index (κ1) is 13.6. The number of pyridine rings is 1. The lowest BCUT2D eigenvalue weighted by atomic mass is 9.89. The molecule has 2 atom stereocenters. The molecule has 0 spiro atoms. The quantitative estimate of drug-likeness (QED) is 0.936. The van der Waals surface area contributed by atoms with Gasteiger partial charge in [-0.1, -0.05) is 36.4 Å². The first-order valence-corrected chi connectivity index (χ1v) is 7.09. The monoisotopic (exact) mass is 282 g/mol. The highest BCUT2D eigenvalue weighted by Gasteiger charge is 2.33. The van der Waals surface area contributed by atoms with Gasteiger partial charge in [-0.05, 0) is 17.5 Å². The van der Waals surface area contributed by atoms with Crippen LogP contribution in [0.15, 0.2) is 48.7 Å². The molecular formula is C17H18N2O2. The summed E-state index contributed by atoms with van der Waals surface area (Å²) in [5, 5.41) is 3.08. The average Bonchev–Trinajstić information content (AvgIpc) is 2.89. The molecule has 21 heavy (non-hydrogen) atoms. The molecule has 0 radical (unpaired) electrons. The molecule has 2 heterocycles. The van der Waals surface area contributed by atoms with Gasteiger partial charge in [-0.25, -0.2) is 4.98 Å². The molecule has 2 aromatic rings. The molecule has 1 aromatic carbocycles. The van der Waals surface area contributed by atoms with Crippen molar-refractivity contribution >= 4 is 5.91 Å². The number of benzene rings is 1. The van der Waals surface area contributed by atoms with Gasteiger partial charge in [0.25, 0.3) is 0 Å². The Morgan fingerprint density at radius 1 is 1.24 bits per heavy atom. The van der Waals surface area contributed by atoms with Crippen molar-refractivity contribution in [1.82, 2.24) is 10.3 Å². The number of amides is 1. The van der Waals surface area contributed by atoms with Crippen molar-refractivity contribution in [2.75, 3.05) is 7.11 Å². The number of methoxy groups -OCH3 is 1. The number of nitrogens with one attached hydrogen (secondary N) is 1. The van der Waals surface area contributed by atoms with Crippen molar-refractivity contribution in [3.8, 4) is 5.88 Å². The van der Waals surface area contributed by atoms with E-state index in [-0.39, 0.29) is 17.9 Å². The molecule has 0 bridgehead atoms. The SMILES string of the molecule is COc1ccc(C2CC(=O)NC2Cc2ccccc2)cn1. The lowest BCUT2D eigenvalue weighted by Gasteiger charge is -2.19. The van der Waals surface area contributed by atoms with Gasteiger partial charge in [0.15, 0.2) is 0 Å². The summed E-state index contributed by atoms with van der Waals surface area (Å²) in [4.78, 5) is 16.0. The third-order valence-corrected chi connectivity index (χ3v) is 3.93. The molecule has 1 aliphatic rings. The second-order valence-electron chi connectivity index (χ2n) is 5.31. The molecule has 0 aliphatic carbocycles. The van der Waals surface area contributed by atoms with Crippen LogP contribution in [-0.4, -0.2) is 24.0 Å². The second-order valence-corrected chi connectivity index (χ2v) is 5.31.